The van der Waals surface area contributed by atoms with Gasteiger partial charge in [0.2, 0.25) is 0 Å². The van der Waals surface area contributed by atoms with E-state index in [1.165, 1.54) is 5.56 Å². The molecule has 0 aliphatic carbocycles. The number of hydrogen-bond donors (Lipinski definition) is 1. The maximum Gasteiger partial charge on any atom is 0.261 e. The van der Waals surface area contributed by atoms with Crippen molar-refractivity contribution in [1.29, 1.82) is 0 Å². The molecule has 2 aromatic heterocycles. The highest BCUT2D eigenvalue weighted by atomic mass is 16.1. The average molecular weight is 356 g/mol. The number of benzene rings is 2. The summed E-state index contributed by atoms with van der Waals surface area (Å²) >= 11 is 0. The fourth-order valence-corrected chi connectivity index (χ4v) is 3.05. The second kappa shape index (κ2) is 7.33. The number of carbonyl (C=O) groups excluding carboxylic acids is 1. The Hall–Kier alpha value is -3.60. The number of anilines is 1. The van der Waals surface area contributed by atoms with Gasteiger partial charge in [-0.15, -0.1) is 0 Å². The number of nitrogens with one attached hydrogen (secondary N) is 1. The lowest BCUT2D eigenvalue weighted by Crippen LogP contribution is -2.15. The number of hydrogen-bond acceptors (Lipinski definition) is 2. The van der Waals surface area contributed by atoms with Crippen LogP contribution in [0.3, 0.4) is 0 Å². The van der Waals surface area contributed by atoms with Crippen LogP contribution >= 0.6 is 0 Å². The van der Waals surface area contributed by atoms with Crippen LogP contribution in [0.5, 0.6) is 0 Å². The van der Waals surface area contributed by atoms with E-state index in [0.717, 1.165) is 17.8 Å². The Bertz CT molecular complexity index is 1050. The molecule has 0 bridgehead atoms. The van der Waals surface area contributed by atoms with E-state index in [4.69, 9.17) is 0 Å². The molecule has 0 unspecified atom stereocenters. The van der Waals surface area contributed by atoms with Gasteiger partial charge in [0, 0.05) is 18.1 Å². The van der Waals surface area contributed by atoms with E-state index in [9.17, 15) is 4.79 Å². The number of para-hydroxylation sites is 1. The fraction of sp³-hybridized carbons (Fsp3) is 0.0909. The molecule has 0 fully saturated rings. The molecular formula is C22H20N4O. The van der Waals surface area contributed by atoms with E-state index in [1.54, 1.807) is 10.9 Å². The third-order valence-electron chi connectivity index (χ3n) is 4.43. The molecule has 5 nitrogen and oxygen atoms in total. The molecule has 1 amide bonds. The number of carbonyl (C=O) groups is 1. The smallest absolute Gasteiger partial charge is 0.261 e. The van der Waals surface area contributed by atoms with Crippen LogP contribution in [0.2, 0.25) is 0 Å². The zero-order chi connectivity index (χ0) is 18.6. The van der Waals surface area contributed by atoms with Crippen LogP contribution in [-0.2, 0) is 6.42 Å². The molecule has 0 aliphatic heterocycles. The van der Waals surface area contributed by atoms with Crippen molar-refractivity contribution in [3.8, 4) is 11.5 Å². The molecule has 2 aromatic carbocycles. The van der Waals surface area contributed by atoms with Gasteiger partial charge in [-0.1, -0.05) is 37.3 Å². The highest BCUT2D eigenvalue weighted by Crippen LogP contribution is 2.21. The largest absolute Gasteiger partial charge is 0.322 e. The lowest BCUT2D eigenvalue weighted by Gasteiger charge is -2.11. The van der Waals surface area contributed by atoms with Gasteiger partial charge in [0.25, 0.3) is 5.91 Å². The van der Waals surface area contributed by atoms with Crippen LogP contribution < -0.4 is 5.32 Å². The summed E-state index contributed by atoms with van der Waals surface area (Å²) < 4.78 is 3.68. The van der Waals surface area contributed by atoms with Crippen LogP contribution in [0.15, 0.2) is 85.3 Å². The van der Waals surface area contributed by atoms with Crippen LogP contribution in [0, 0.1) is 0 Å². The zero-order valence-electron chi connectivity index (χ0n) is 15.0. The van der Waals surface area contributed by atoms with E-state index >= 15 is 0 Å². The lowest BCUT2D eigenvalue weighted by molar-refractivity contribution is 0.102. The lowest BCUT2D eigenvalue weighted by atomic mass is 10.1. The number of aryl methyl sites for hydroxylation is 1. The van der Waals surface area contributed by atoms with Crippen molar-refractivity contribution in [2.45, 2.75) is 13.3 Å². The van der Waals surface area contributed by atoms with Crippen molar-refractivity contribution in [2.24, 2.45) is 0 Å². The third kappa shape index (κ3) is 3.40. The van der Waals surface area contributed by atoms with Crippen LogP contribution in [-0.4, -0.2) is 20.3 Å². The van der Waals surface area contributed by atoms with Crippen molar-refractivity contribution >= 4 is 11.6 Å². The average Bonchev–Trinajstić information content (AvgIpc) is 3.38. The second-order valence-electron chi connectivity index (χ2n) is 6.23. The first-order valence-corrected chi connectivity index (χ1v) is 8.93. The van der Waals surface area contributed by atoms with Crippen molar-refractivity contribution in [3.05, 3.63) is 96.4 Å². The molecule has 0 spiro atoms. The van der Waals surface area contributed by atoms with E-state index in [1.807, 2.05) is 83.7 Å². The van der Waals surface area contributed by atoms with Crippen LogP contribution in [0.1, 0.15) is 22.8 Å². The Labute approximate surface area is 157 Å². The molecule has 0 radical (unpaired) electrons. The molecule has 5 heteroatoms. The van der Waals surface area contributed by atoms with Gasteiger partial charge < -0.3 is 9.88 Å². The molecule has 0 saturated carbocycles. The minimum atomic E-state index is -0.186. The van der Waals surface area contributed by atoms with Gasteiger partial charge in [0.05, 0.1) is 11.9 Å². The summed E-state index contributed by atoms with van der Waals surface area (Å²) in [5.74, 6) is 0.518. The first-order valence-electron chi connectivity index (χ1n) is 8.93. The monoisotopic (exact) mass is 356 g/mol. The maximum absolute atomic E-state index is 13.0. The summed E-state index contributed by atoms with van der Waals surface area (Å²) in [7, 11) is 0. The topological polar surface area (TPSA) is 51.9 Å². The Balaban J connectivity index is 1.74. The van der Waals surface area contributed by atoms with Gasteiger partial charge in [-0.05, 0) is 48.4 Å². The van der Waals surface area contributed by atoms with Crippen molar-refractivity contribution in [2.75, 3.05) is 5.32 Å². The van der Waals surface area contributed by atoms with Crippen molar-refractivity contribution < 1.29 is 4.79 Å². The van der Waals surface area contributed by atoms with Gasteiger partial charge >= 0.3 is 0 Å². The Morgan fingerprint density at radius 1 is 1.00 bits per heavy atom. The Morgan fingerprint density at radius 2 is 1.78 bits per heavy atom. The molecule has 2 heterocycles. The van der Waals surface area contributed by atoms with Gasteiger partial charge in [-0.3, -0.25) is 4.79 Å². The highest BCUT2D eigenvalue weighted by Gasteiger charge is 2.20. The maximum atomic E-state index is 13.0. The normalized spacial score (nSPS) is 10.7. The van der Waals surface area contributed by atoms with Crippen molar-refractivity contribution in [3.63, 3.8) is 0 Å². The number of aromatic nitrogens is 3. The van der Waals surface area contributed by atoms with E-state index in [-0.39, 0.29) is 5.91 Å². The first-order chi connectivity index (χ1) is 13.3. The van der Waals surface area contributed by atoms with E-state index in [0.29, 0.717) is 11.4 Å². The molecule has 4 aromatic rings. The summed E-state index contributed by atoms with van der Waals surface area (Å²) in [6.07, 6.45) is 6.35. The van der Waals surface area contributed by atoms with Gasteiger partial charge in [-0.2, -0.15) is 5.10 Å². The minimum Gasteiger partial charge on any atom is -0.322 e. The molecule has 27 heavy (non-hydrogen) atoms. The second-order valence-corrected chi connectivity index (χ2v) is 6.23. The number of amides is 1. The van der Waals surface area contributed by atoms with Crippen molar-refractivity contribution in [1.82, 2.24) is 14.3 Å². The van der Waals surface area contributed by atoms with Crippen LogP contribution in [0.25, 0.3) is 11.5 Å². The predicted molar refractivity (Wildman–Crippen MR) is 107 cm³/mol. The summed E-state index contributed by atoms with van der Waals surface area (Å²) in [4.78, 5) is 13.0. The number of nitrogens with zero attached hydrogens (tertiary/aromatic N) is 3. The standard InChI is InChI=1S/C22H20N4O/c1-2-17-9-8-10-18(15-17)24-21(27)20-16-23-26(19-11-4-3-5-12-19)22(20)25-13-6-7-14-25/h3-16H,2H2,1H3,(H,24,27). The SMILES string of the molecule is CCc1cccc(NC(=O)c2cnn(-c3ccccc3)c2-n2cccc2)c1. The minimum absolute atomic E-state index is 0.186. The summed E-state index contributed by atoms with van der Waals surface area (Å²) in [6, 6.07) is 21.5. The zero-order valence-corrected chi connectivity index (χ0v) is 15.0. The van der Waals surface area contributed by atoms with Gasteiger partial charge in [0.15, 0.2) is 5.82 Å². The first kappa shape index (κ1) is 16.8. The Kier molecular flexibility index (Phi) is 4.58. The molecule has 0 atom stereocenters. The third-order valence-corrected chi connectivity index (χ3v) is 4.43. The number of rotatable bonds is 5. The van der Waals surface area contributed by atoms with Crippen LogP contribution in [0.4, 0.5) is 5.69 Å². The molecule has 4 rings (SSSR count). The predicted octanol–water partition coefficient (Wildman–Crippen LogP) is 4.48. The summed E-state index contributed by atoms with van der Waals surface area (Å²) in [5, 5.41) is 7.47. The highest BCUT2D eigenvalue weighted by molar-refractivity contribution is 6.06. The molecule has 134 valence electrons. The van der Waals surface area contributed by atoms with Gasteiger partial charge in [0.1, 0.15) is 5.56 Å². The molecule has 1 N–H and O–H groups in total. The van der Waals surface area contributed by atoms with E-state index in [2.05, 4.69) is 17.3 Å². The molecular weight excluding hydrogens is 336 g/mol. The molecule has 0 saturated heterocycles. The summed E-state index contributed by atoms with van der Waals surface area (Å²) in [5.41, 5.74) is 3.37. The van der Waals surface area contributed by atoms with Gasteiger partial charge in [-0.25, -0.2) is 4.68 Å². The fourth-order valence-electron chi connectivity index (χ4n) is 3.05. The summed E-state index contributed by atoms with van der Waals surface area (Å²) in [6.45, 7) is 2.09. The van der Waals surface area contributed by atoms with E-state index < -0.39 is 0 Å². The quantitative estimate of drug-likeness (QED) is 0.573. The Morgan fingerprint density at radius 3 is 2.52 bits per heavy atom. The molecule has 0 aliphatic rings.